The number of aryl methyl sites for hydroxylation is 1. The average Bonchev–Trinajstić information content (AvgIpc) is 2.86. The lowest BCUT2D eigenvalue weighted by atomic mass is 10.2. The quantitative estimate of drug-likeness (QED) is 0.856. The zero-order valence-electron chi connectivity index (χ0n) is 10.6. The third-order valence-electron chi connectivity index (χ3n) is 2.55. The van der Waals surface area contributed by atoms with E-state index in [0.29, 0.717) is 28.7 Å². The molecule has 0 N–H and O–H groups in total. The lowest BCUT2D eigenvalue weighted by molar-refractivity contribution is 0.0769. The van der Waals surface area contributed by atoms with Gasteiger partial charge in [-0.25, -0.2) is 0 Å². The molecule has 0 spiro atoms. The van der Waals surface area contributed by atoms with Crippen LogP contribution in [0.1, 0.15) is 29.0 Å². The highest BCUT2D eigenvalue weighted by Crippen LogP contribution is 2.16. The van der Waals surface area contributed by atoms with Crippen LogP contribution in [0.15, 0.2) is 23.0 Å². The number of carbonyl (C=O) groups is 1. The minimum absolute atomic E-state index is 0.219. The molecular formula is C12H13ClN4O2. The molecule has 0 aliphatic rings. The Balaban J connectivity index is 2.09. The summed E-state index contributed by atoms with van der Waals surface area (Å²) in [6.45, 7) is 2.17. The molecule has 7 heteroatoms. The van der Waals surface area contributed by atoms with Gasteiger partial charge in [-0.15, -0.1) is 0 Å². The Labute approximate surface area is 115 Å². The molecule has 2 rings (SSSR count). The topological polar surface area (TPSA) is 72.1 Å². The second-order valence-corrected chi connectivity index (χ2v) is 4.38. The van der Waals surface area contributed by atoms with Crippen molar-refractivity contribution in [1.82, 2.24) is 20.0 Å². The van der Waals surface area contributed by atoms with Gasteiger partial charge in [0, 0.05) is 25.9 Å². The summed E-state index contributed by atoms with van der Waals surface area (Å²) in [5.74, 6) is 0.805. The maximum atomic E-state index is 12.2. The van der Waals surface area contributed by atoms with Crippen molar-refractivity contribution in [3.8, 4) is 0 Å². The van der Waals surface area contributed by atoms with Crippen LogP contribution < -0.4 is 0 Å². The molecular weight excluding hydrogens is 268 g/mol. The Hall–Kier alpha value is -1.95. The zero-order chi connectivity index (χ0) is 13.8. The van der Waals surface area contributed by atoms with E-state index >= 15 is 0 Å². The van der Waals surface area contributed by atoms with Crippen LogP contribution in [0.4, 0.5) is 0 Å². The van der Waals surface area contributed by atoms with Gasteiger partial charge in [0.05, 0.1) is 17.1 Å². The van der Waals surface area contributed by atoms with Gasteiger partial charge in [-0.2, -0.15) is 4.98 Å². The fourth-order valence-corrected chi connectivity index (χ4v) is 1.73. The van der Waals surface area contributed by atoms with Gasteiger partial charge in [0.25, 0.3) is 5.91 Å². The van der Waals surface area contributed by atoms with Crippen LogP contribution in [0.5, 0.6) is 0 Å². The summed E-state index contributed by atoms with van der Waals surface area (Å²) in [5, 5.41) is 4.10. The Kier molecular flexibility index (Phi) is 4.11. The Morgan fingerprint density at radius 3 is 2.95 bits per heavy atom. The highest BCUT2D eigenvalue weighted by Gasteiger charge is 2.17. The summed E-state index contributed by atoms with van der Waals surface area (Å²) >= 11 is 5.93. The molecule has 0 unspecified atom stereocenters. The van der Waals surface area contributed by atoms with Gasteiger partial charge in [0.15, 0.2) is 5.82 Å². The molecule has 2 aromatic heterocycles. The van der Waals surface area contributed by atoms with E-state index < -0.39 is 0 Å². The number of nitrogens with zero attached hydrogens (tertiary/aromatic N) is 4. The molecule has 0 aromatic carbocycles. The van der Waals surface area contributed by atoms with Gasteiger partial charge in [0.1, 0.15) is 0 Å². The summed E-state index contributed by atoms with van der Waals surface area (Å²) in [5.41, 5.74) is 0.398. The van der Waals surface area contributed by atoms with E-state index in [2.05, 4.69) is 15.1 Å². The van der Waals surface area contributed by atoms with Crippen LogP contribution in [-0.4, -0.2) is 33.0 Å². The first-order valence-corrected chi connectivity index (χ1v) is 6.16. The number of halogens is 1. The molecule has 0 fully saturated rings. The van der Waals surface area contributed by atoms with Gasteiger partial charge in [-0.3, -0.25) is 9.78 Å². The second-order valence-electron chi connectivity index (χ2n) is 3.97. The molecule has 2 heterocycles. The van der Waals surface area contributed by atoms with Crippen molar-refractivity contribution < 1.29 is 9.32 Å². The fraction of sp³-hybridized carbons (Fsp3) is 0.333. The number of amides is 1. The van der Waals surface area contributed by atoms with Gasteiger partial charge < -0.3 is 9.42 Å². The Bertz CT molecular complexity index is 585. The molecule has 0 atom stereocenters. The first kappa shape index (κ1) is 13.5. The minimum atomic E-state index is -0.219. The van der Waals surface area contributed by atoms with E-state index in [1.165, 1.54) is 17.3 Å². The molecule has 2 aromatic rings. The third kappa shape index (κ3) is 3.08. The third-order valence-corrected chi connectivity index (χ3v) is 2.85. The van der Waals surface area contributed by atoms with Crippen LogP contribution in [-0.2, 0) is 13.0 Å². The molecule has 0 aliphatic carbocycles. The number of aromatic nitrogens is 3. The first-order chi connectivity index (χ1) is 9.11. The van der Waals surface area contributed by atoms with Crippen molar-refractivity contribution in [1.29, 1.82) is 0 Å². The number of rotatable bonds is 4. The van der Waals surface area contributed by atoms with E-state index in [1.54, 1.807) is 13.1 Å². The minimum Gasteiger partial charge on any atom is -0.337 e. The standard InChI is InChI=1S/C12H13ClN4O2/c1-3-10-15-11(19-16-10)7-17(2)12(18)8-4-5-14-6-9(8)13/h4-6H,3,7H2,1-2H3. The molecule has 0 saturated carbocycles. The van der Waals surface area contributed by atoms with Crippen molar-refractivity contribution in [3.05, 3.63) is 40.8 Å². The van der Waals surface area contributed by atoms with E-state index in [0.717, 1.165) is 0 Å². The highest BCUT2D eigenvalue weighted by molar-refractivity contribution is 6.33. The van der Waals surface area contributed by atoms with E-state index in [1.807, 2.05) is 6.92 Å². The van der Waals surface area contributed by atoms with Crippen molar-refractivity contribution >= 4 is 17.5 Å². The molecule has 0 saturated heterocycles. The van der Waals surface area contributed by atoms with Crippen LogP contribution in [0.3, 0.4) is 0 Å². The zero-order valence-corrected chi connectivity index (χ0v) is 11.4. The van der Waals surface area contributed by atoms with Crippen molar-refractivity contribution in [2.24, 2.45) is 0 Å². The molecule has 1 amide bonds. The molecule has 19 heavy (non-hydrogen) atoms. The van der Waals surface area contributed by atoms with Gasteiger partial charge in [-0.1, -0.05) is 23.7 Å². The predicted octanol–water partition coefficient (Wildman–Crippen LogP) is 1.95. The van der Waals surface area contributed by atoms with Crippen LogP contribution in [0, 0.1) is 0 Å². The lowest BCUT2D eigenvalue weighted by Crippen LogP contribution is -2.26. The monoisotopic (exact) mass is 280 g/mol. The molecule has 0 bridgehead atoms. The molecule has 6 nitrogen and oxygen atoms in total. The molecule has 100 valence electrons. The van der Waals surface area contributed by atoms with E-state index in [4.69, 9.17) is 16.1 Å². The summed E-state index contributed by atoms with van der Waals surface area (Å²) in [6.07, 6.45) is 3.65. The lowest BCUT2D eigenvalue weighted by Gasteiger charge is -2.15. The molecule has 0 radical (unpaired) electrons. The number of hydrogen-bond acceptors (Lipinski definition) is 5. The van der Waals surface area contributed by atoms with Crippen LogP contribution >= 0.6 is 11.6 Å². The summed E-state index contributed by atoms with van der Waals surface area (Å²) in [4.78, 5) is 21.6. The van der Waals surface area contributed by atoms with E-state index in [-0.39, 0.29) is 12.5 Å². The normalized spacial score (nSPS) is 10.5. The Morgan fingerprint density at radius 1 is 1.53 bits per heavy atom. The Morgan fingerprint density at radius 2 is 2.32 bits per heavy atom. The maximum absolute atomic E-state index is 12.2. The first-order valence-electron chi connectivity index (χ1n) is 5.78. The van der Waals surface area contributed by atoms with Crippen molar-refractivity contribution in [2.45, 2.75) is 19.9 Å². The van der Waals surface area contributed by atoms with Gasteiger partial charge in [0.2, 0.25) is 5.89 Å². The van der Waals surface area contributed by atoms with Gasteiger partial charge >= 0.3 is 0 Å². The number of hydrogen-bond donors (Lipinski definition) is 0. The highest BCUT2D eigenvalue weighted by atomic mass is 35.5. The van der Waals surface area contributed by atoms with Crippen LogP contribution in [0.25, 0.3) is 0 Å². The second kappa shape index (κ2) is 5.79. The number of pyridine rings is 1. The predicted molar refractivity (Wildman–Crippen MR) is 68.7 cm³/mol. The van der Waals surface area contributed by atoms with E-state index in [9.17, 15) is 4.79 Å². The smallest absolute Gasteiger partial charge is 0.255 e. The van der Waals surface area contributed by atoms with Gasteiger partial charge in [-0.05, 0) is 6.07 Å². The van der Waals surface area contributed by atoms with Crippen molar-refractivity contribution in [3.63, 3.8) is 0 Å². The number of carbonyl (C=O) groups excluding carboxylic acids is 1. The molecule has 0 aliphatic heterocycles. The summed E-state index contributed by atoms with van der Waals surface area (Å²) in [7, 11) is 1.65. The summed E-state index contributed by atoms with van der Waals surface area (Å²) in [6, 6.07) is 1.58. The average molecular weight is 281 g/mol. The maximum Gasteiger partial charge on any atom is 0.255 e. The SMILES string of the molecule is CCc1noc(CN(C)C(=O)c2ccncc2Cl)n1. The van der Waals surface area contributed by atoms with Crippen LogP contribution in [0.2, 0.25) is 5.02 Å². The largest absolute Gasteiger partial charge is 0.337 e. The fourth-order valence-electron chi connectivity index (χ4n) is 1.53. The summed E-state index contributed by atoms with van der Waals surface area (Å²) < 4.78 is 5.04. The van der Waals surface area contributed by atoms with Crippen molar-refractivity contribution in [2.75, 3.05) is 7.05 Å².